The Morgan fingerprint density at radius 2 is 1.90 bits per heavy atom. The lowest BCUT2D eigenvalue weighted by Gasteiger charge is -2.36. The maximum Gasteiger partial charge on any atom is 0.244 e. The second-order valence-electron chi connectivity index (χ2n) is 9.70. The Kier molecular flexibility index (Phi) is 9.35. The van der Waals surface area contributed by atoms with Crippen LogP contribution in [-0.2, 0) is 4.79 Å². The largest absolute Gasteiger partial charge is 0.496 e. The summed E-state index contributed by atoms with van der Waals surface area (Å²) in [6, 6.07) is 18.2. The molecule has 0 saturated carbocycles. The van der Waals surface area contributed by atoms with Crippen LogP contribution in [0.5, 0.6) is 5.75 Å². The highest BCUT2D eigenvalue weighted by Crippen LogP contribution is 2.36. The monoisotopic (exact) mass is 528 g/mol. The molecule has 2 aromatic heterocycles. The number of benzene rings is 2. The molecular weight excluding hydrogens is 488 g/mol. The number of amides is 1. The van der Waals surface area contributed by atoms with Crippen molar-refractivity contribution in [2.75, 3.05) is 60.5 Å². The van der Waals surface area contributed by atoms with E-state index in [9.17, 15) is 4.79 Å². The van der Waals surface area contributed by atoms with Crippen molar-refractivity contribution in [1.82, 2.24) is 30.4 Å². The van der Waals surface area contributed by atoms with Gasteiger partial charge in [-0.2, -0.15) is 0 Å². The zero-order chi connectivity index (χ0) is 26.5. The smallest absolute Gasteiger partial charge is 0.244 e. The van der Waals surface area contributed by atoms with Crippen molar-refractivity contribution in [1.29, 1.82) is 0 Å². The molecule has 4 aromatic rings. The van der Waals surface area contributed by atoms with Gasteiger partial charge in [0.2, 0.25) is 5.91 Å². The lowest BCUT2D eigenvalue weighted by molar-refractivity contribution is -0.136. The molecule has 8 heteroatoms. The molecule has 8 nitrogen and oxygen atoms in total. The Morgan fingerprint density at radius 1 is 1.10 bits per heavy atom. The average molecular weight is 529 g/mol. The topological polar surface area (TPSA) is 85.5 Å². The minimum absolute atomic E-state index is 0. The van der Waals surface area contributed by atoms with Crippen LogP contribution in [0.1, 0.15) is 19.0 Å². The van der Waals surface area contributed by atoms with Gasteiger partial charge in [0.25, 0.3) is 0 Å². The van der Waals surface area contributed by atoms with E-state index in [0.717, 1.165) is 77.3 Å². The predicted molar refractivity (Wildman–Crippen MR) is 159 cm³/mol. The number of hydrogen-bond acceptors (Lipinski definition) is 6. The summed E-state index contributed by atoms with van der Waals surface area (Å²) in [6.45, 7) is 4.84. The Morgan fingerprint density at radius 3 is 2.67 bits per heavy atom. The SMILES string of the molecule is C.CNCCN(C)C(=O)C(c1cccc(-c2cnc3[nH]cc(-c4ccccc4OC)c3c2)c1)N1CCNCC1. The number of nitrogens with zero attached hydrogens (tertiary/aromatic N) is 3. The fraction of sp³-hybridized carbons (Fsp3) is 0.355. The number of para-hydroxylation sites is 1. The van der Waals surface area contributed by atoms with Crippen molar-refractivity contribution in [3.63, 3.8) is 0 Å². The number of H-pyrrole nitrogens is 1. The van der Waals surface area contributed by atoms with E-state index >= 15 is 0 Å². The van der Waals surface area contributed by atoms with Gasteiger partial charge in [0, 0.05) is 80.8 Å². The summed E-state index contributed by atoms with van der Waals surface area (Å²) in [5, 5.41) is 7.58. The van der Waals surface area contributed by atoms with Crippen molar-refractivity contribution in [3.8, 4) is 28.0 Å². The summed E-state index contributed by atoms with van der Waals surface area (Å²) < 4.78 is 5.62. The number of piperazine rings is 1. The lowest BCUT2D eigenvalue weighted by Crippen LogP contribution is -2.50. The van der Waals surface area contributed by atoms with Crippen LogP contribution in [0.15, 0.2) is 67.0 Å². The molecule has 3 N–H and O–H groups in total. The number of aromatic amines is 1. The Hall–Kier alpha value is -3.72. The molecule has 1 fully saturated rings. The molecule has 0 radical (unpaired) electrons. The van der Waals surface area contributed by atoms with Gasteiger partial charge in [-0.05, 0) is 36.4 Å². The first-order valence-electron chi connectivity index (χ1n) is 13.2. The van der Waals surface area contributed by atoms with Crippen LogP contribution in [-0.4, -0.2) is 86.1 Å². The molecule has 1 aliphatic heterocycles. The number of nitrogens with one attached hydrogen (secondary N) is 3. The number of hydrogen-bond donors (Lipinski definition) is 3. The Balaban J connectivity index is 0.00000353. The molecule has 1 saturated heterocycles. The highest BCUT2D eigenvalue weighted by atomic mass is 16.5. The van der Waals surface area contributed by atoms with E-state index in [1.807, 2.05) is 55.7 Å². The first kappa shape index (κ1) is 28.3. The summed E-state index contributed by atoms with van der Waals surface area (Å²) in [6.07, 6.45) is 3.88. The van der Waals surface area contributed by atoms with Gasteiger partial charge in [-0.15, -0.1) is 0 Å². The molecule has 1 atom stereocenters. The minimum atomic E-state index is -0.327. The number of pyridine rings is 1. The quantitative estimate of drug-likeness (QED) is 0.303. The first-order chi connectivity index (χ1) is 18.6. The molecule has 3 heterocycles. The minimum Gasteiger partial charge on any atom is -0.496 e. The fourth-order valence-electron chi connectivity index (χ4n) is 5.19. The van der Waals surface area contributed by atoms with Crippen LogP contribution in [0.3, 0.4) is 0 Å². The van der Waals surface area contributed by atoms with Crippen LogP contribution in [0.25, 0.3) is 33.3 Å². The number of carbonyl (C=O) groups is 1. The molecule has 5 rings (SSSR count). The van der Waals surface area contributed by atoms with Crippen molar-refractivity contribution in [3.05, 3.63) is 72.6 Å². The molecular formula is C31H40N6O2. The predicted octanol–water partition coefficient (Wildman–Crippen LogP) is 4.17. The van der Waals surface area contributed by atoms with Crippen LogP contribution < -0.4 is 15.4 Å². The molecule has 1 unspecified atom stereocenters. The normalized spacial score (nSPS) is 14.5. The van der Waals surface area contributed by atoms with E-state index in [1.165, 1.54) is 0 Å². The van der Waals surface area contributed by atoms with E-state index in [4.69, 9.17) is 9.72 Å². The third-order valence-electron chi connectivity index (χ3n) is 7.29. The summed E-state index contributed by atoms with van der Waals surface area (Å²) in [7, 11) is 5.49. The maximum atomic E-state index is 13.7. The van der Waals surface area contributed by atoms with E-state index in [2.05, 4.69) is 50.8 Å². The molecule has 0 aliphatic carbocycles. The van der Waals surface area contributed by atoms with Gasteiger partial charge < -0.3 is 25.3 Å². The zero-order valence-electron chi connectivity index (χ0n) is 22.3. The summed E-state index contributed by atoms with van der Waals surface area (Å²) in [4.78, 5) is 25.9. The maximum absolute atomic E-state index is 13.7. The number of fused-ring (bicyclic) bond motifs is 1. The van der Waals surface area contributed by atoms with Crippen LogP contribution in [0.2, 0.25) is 0 Å². The van der Waals surface area contributed by atoms with E-state index in [-0.39, 0.29) is 19.4 Å². The van der Waals surface area contributed by atoms with Crippen molar-refractivity contribution < 1.29 is 9.53 Å². The second-order valence-corrected chi connectivity index (χ2v) is 9.70. The van der Waals surface area contributed by atoms with E-state index in [0.29, 0.717) is 6.54 Å². The van der Waals surface area contributed by atoms with E-state index < -0.39 is 0 Å². The average Bonchev–Trinajstić information content (AvgIpc) is 3.40. The molecule has 206 valence electrons. The van der Waals surface area contributed by atoms with Crippen molar-refractivity contribution in [2.45, 2.75) is 13.5 Å². The van der Waals surface area contributed by atoms with Gasteiger partial charge in [0.15, 0.2) is 0 Å². The van der Waals surface area contributed by atoms with Gasteiger partial charge in [0.05, 0.1) is 7.11 Å². The number of aromatic nitrogens is 2. The number of methoxy groups -OCH3 is 1. The van der Waals surface area contributed by atoms with Crippen LogP contribution in [0.4, 0.5) is 0 Å². The number of rotatable bonds is 9. The third kappa shape index (κ3) is 5.98. The third-order valence-corrected chi connectivity index (χ3v) is 7.29. The number of carbonyl (C=O) groups excluding carboxylic acids is 1. The first-order valence-corrected chi connectivity index (χ1v) is 13.2. The Labute approximate surface area is 231 Å². The summed E-state index contributed by atoms with van der Waals surface area (Å²) in [5.41, 5.74) is 5.93. The fourth-order valence-corrected chi connectivity index (χ4v) is 5.19. The second kappa shape index (κ2) is 12.9. The van der Waals surface area contributed by atoms with Crippen LogP contribution in [0, 0.1) is 0 Å². The van der Waals surface area contributed by atoms with Gasteiger partial charge >= 0.3 is 0 Å². The van der Waals surface area contributed by atoms with Gasteiger partial charge in [-0.1, -0.05) is 43.8 Å². The standard InChI is InChI=1S/C30H36N6O2.CH4/c1-31-11-14-35(2)30(37)28(36-15-12-32-13-16-36)22-8-6-7-21(17-22)23-18-25-26(20-34-29(25)33-19-23)24-9-4-5-10-27(24)38-3;/h4-10,17-20,28,31-32H,11-16H2,1-3H3,(H,33,34);1H4. The molecule has 1 amide bonds. The summed E-state index contributed by atoms with van der Waals surface area (Å²) >= 11 is 0. The zero-order valence-corrected chi connectivity index (χ0v) is 22.3. The summed E-state index contributed by atoms with van der Waals surface area (Å²) in [5.74, 6) is 0.942. The molecule has 2 aromatic carbocycles. The number of ether oxygens (including phenoxy) is 1. The van der Waals surface area contributed by atoms with Crippen molar-refractivity contribution >= 4 is 16.9 Å². The van der Waals surface area contributed by atoms with E-state index in [1.54, 1.807) is 7.11 Å². The highest BCUT2D eigenvalue weighted by Gasteiger charge is 2.31. The van der Waals surface area contributed by atoms with Crippen molar-refractivity contribution in [2.24, 2.45) is 0 Å². The molecule has 39 heavy (non-hydrogen) atoms. The molecule has 0 spiro atoms. The number of likely N-dealkylation sites (N-methyl/N-ethyl adjacent to an activating group) is 2. The Bertz CT molecular complexity index is 1390. The van der Waals surface area contributed by atoms with Gasteiger partial charge in [-0.3, -0.25) is 9.69 Å². The lowest BCUT2D eigenvalue weighted by atomic mass is 9.97. The van der Waals surface area contributed by atoms with Gasteiger partial charge in [-0.25, -0.2) is 4.98 Å². The molecule has 1 aliphatic rings. The molecule has 0 bridgehead atoms. The van der Waals surface area contributed by atoms with Gasteiger partial charge in [0.1, 0.15) is 17.4 Å². The van der Waals surface area contributed by atoms with Crippen LogP contribution >= 0.6 is 0 Å². The highest BCUT2D eigenvalue weighted by molar-refractivity contribution is 5.97.